The fourth-order valence-corrected chi connectivity index (χ4v) is 3.37. The van der Waals surface area contributed by atoms with Gasteiger partial charge in [-0.05, 0) is 47.5 Å². The molecule has 0 aliphatic heterocycles. The van der Waals surface area contributed by atoms with Crippen molar-refractivity contribution in [1.29, 1.82) is 0 Å². The van der Waals surface area contributed by atoms with Crippen LogP contribution < -0.4 is 0 Å². The quantitative estimate of drug-likeness (QED) is 0.733. The van der Waals surface area contributed by atoms with Crippen LogP contribution in [-0.4, -0.2) is 5.78 Å². The van der Waals surface area contributed by atoms with Gasteiger partial charge in [-0.15, -0.1) is 11.3 Å². The molecule has 2 rings (SSSR count). The third kappa shape index (κ3) is 2.37. The lowest BCUT2D eigenvalue weighted by molar-refractivity contribution is 0.103. The van der Waals surface area contributed by atoms with Gasteiger partial charge in [-0.3, -0.25) is 4.79 Å². The first kappa shape index (κ1) is 13.4. The molecule has 0 bridgehead atoms. The van der Waals surface area contributed by atoms with E-state index in [1.807, 2.05) is 6.92 Å². The zero-order valence-corrected chi connectivity index (χ0v) is 12.1. The summed E-state index contributed by atoms with van der Waals surface area (Å²) >= 11 is 4.54. The number of carbonyl (C=O) groups is 1. The summed E-state index contributed by atoms with van der Waals surface area (Å²) in [6.07, 6.45) is 0. The van der Waals surface area contributed by atoms with Crippen LogP contribution in [0.5, 0.6) is 0 Å². The van der Waals surface area contributed by atoms with Gasteiger partial charge in [0, 0.05) is 15.4 Å². The molecule has 2 aromatic rings. The summed E-state index contributed by atoms with van der Waals surface area (Å²) in [5.74, 6) is -1.91. The smallest absolute Gasteiger partial charge is 0.207 e. The van der Waals surface area contributed by atoms with Crippen LogP contribution in [-0.2, 0) is 0 Å². The maximum Gasteiger partial charge on any atom is 0.207 e. The number of ketones is 1. The van der Waals surface area contributed by atoms with Crippen molar-refractivity contribution in [1.82, 2.24) is 0 Å². The Hall–Kier alpha value is -1.07. The van der Waals surface area contributed by atoms with Crippen LogP contribution in [0.4, 0.5) is 8.78 Å². The Morgan fingerprint density at radius 2 is 1.83 bits per heavy atom. The number of thiophene rings is 1. The molecule has 1 heterocycles. The van der Waals surface area contributed by atoms with E-state index >= 15 is 0 Å². The average molecular weight is 331 g/mol. The maximum atomic E-state index is 13.6. The number of aryl methyl sites for hydroxylation is 2. The molecule has 0 fully saturated rings. The normalized spacial score (nSPS) is 10.7. The second-order valence-corrected chi connectivity index (χ2v) is 6.06. The predicted molar refractivity (Wildman–Crippen MR) is 71.3 cm³/mol. The van der Waals surface area contributed by atoms with E-state index in [0.717, 1.165) is 10.9 Å². The summed E-state index contributed by atoms with van der Waals surface area (Å²) in [6.45, 7) is 3.36. The van der Waals surface area contributed by atoms with Crippen molar-refractivity contribution in [3.63, 3.8) is 0 Å². The summed E-state index contributed by atoms with van der Waals surface area (Å²) in [6, 6.07) is 3.79. The van der Waals surface area contributed by atoms with Crippen molar-refractivity contribution < 1.29 is 13.6 Å². The third-order valence-electron chi connectivity index (χ3n) is 2.51. The van der Waals surface area contributed by atoms with Crippen LogP contribution in [0.2, 0.25) is 0 Å². The Morgan fingerprint density at radius 1 is 1.17 bits per heavy atom. The highest BCUT2D eigenvalue weighted by Gasteiger charge is 2.20. The number of carbonyl (C=O) groups excluding carboxylic acids is 1. The van der Waals surface area contributed by atoms with Crippen LogP contribution >= 0.6 is 27.3 Å². The highest BCUT2D eigenvalue weighted by Crippen LogP contribution is 2.30. The first-order chi connectivity index (χ1) is 8.40. The number of halogens is 3. The second-order valence-electron chi connectivity index (χ2n) is 3.94. The van der Waals surface area contributed by atoms with Crippen molar-refractivity contribution in [2.45, 2.75) is 13.8 Å². The molecule has 1 aromatic carbocycles. The molecule has 0 aliphatic rings. The molecule has 1 nitrogen and oxygen atoms in total. The molecular weight excluding hydrogens is 322 g/mol. The van der Waals surface area contributed by atoms with Crippen molar-refractivity contribution in [2.24, 2.45) is 0 Å². The van der Waals surface area contributed by atoms with E-state index in [2.05, 4.69) is 15.9 Å². The topological polar surface area (TPSA) is 17.1 Å². The lowest BCUT2D eigenvalue weighted by Gasteiger charge is -2.04. The molecule has 0 spiro atoms. The molecule has 0 atom stereocenters. The molecule has 0 saturated carbocycles. The van der Waals surface area contributed by atoms with Crippen LogP contribution in [0.15, 0.2) is 22.7 Å². The Morgan fingerprint density at radius 3 is 2.39 bits per heavy atom. The standard InChI is InChI=1S/C13H9BrF2OS/c1-6-3-8(11(16)5-10(6)15)12(17)13-9(14)4-7(2)18-13/h3-5H,1-2H3. The van der Waals surface area contributed by atoms with Crippen LogP contribution in [0.1, 0.15) is 25.7 Å². The third-order valence-corrected chi connectivity index (χ3v) is 4.45. The zero-order valence-electron chi connectivity index (χ0n) is 9.68. The molecule has 0 aliphatic carbocycles. The van der Waals surface area contributed by atoms with E-state index in [4.69, 9.17) is 0 Å². The highest BCUT2D eigenvalue weighted by molar-refractivity contribution is 9.10. The van der Waals surface area contributed by atoms with Gasteiger partial charge in [0.25, 0.3) is 0 Å². The number of benzene rings is 1. The lowest BCUT2D eigenvalue weighted by Crippen LogP contribution is -2.04. The minimum Gasteiger partial charge on any atom is -0.288 e. The van der Waals surface area contributed by atoms with Crippen LogP contribution in [0.25, 0.3) is 0 Å². The second kappa shape index (κ2) is 4.90. The van der Waals surface area contributed by atoms with Gasteiger partial charge in [0.2, 0.25) is 5.78 Å². The Bertz CT molecular complexity index is 634. The van der Waals surface area contributed by atoms with E-state index in [0.29, 0.717) is 9.35 Å². The first-order valence-corrected chi connectivity index (χ1v) is 6.77. The Kier molecular flexibility index (Phi) is 3.64. The van der Waals surface area contributed by atoms with Gasteiger partial charge >= 0.3 is 0 Å². The minimum absolute atomic E-state index is 0.101. The van der Waals surface area contributed by atoms with Gasteiger partial charge in [0.15, 0.2) is 0 Å². The van der Waals surface area contributed by atoms with E-state index in [9.17, 15) is 13.6 Å². The van der Waals surface area contributed by atoms with E-state index < -0.39 is 17.4 Å². The van der Waals surface area contributed by atoms with Crippen molar-refractivity contribution in [2.75, 3.05) is 0 Å². The first-order valence-electron chi connectivity index (χ1n) is 5.16. The SMILES string of the molecule is Cc1cc(Br)c(C(=O)c2cc(C)c(F)cc2F)s1. The van der Waals surface area contributed by atoms with Crippen LogP contribution in [0.3, 0.4) is 0 Å². The van der Waals surface area contributed by atoms with Crippen molar-refractivity contribution >= 4 is 33.0 Å². The zero-order chi connectivity index (χ0) is 13.4. The molecule has 5 heteroatoms. The molecule has 18 heavy (non-hydrogen) atoms. The Labute approximate surface area is 116 Å². The van der Waals surface area contributed by atoms with Gasteiger partial charge in [0.1, 0.15) is 11.6 Å². The summed E-state index contributed by atoms with van der Waals surface area (Å²) in [5.41, 5.74) is 0.153. The molecule has 0 N–H and O–H groups in total. The van der Waals surface area contributed by atoms with Crippen molar-refractivity contribution in [3.05, 3.63) is 55.2 Å². The van der Waals surface area contributed by atoms with E-state index in [1.165, 1.54) is 24.3 Å². The van der Waals surface area contributed by atoms with Crippen LogP contribution in [0, 0.1) is 25.5 Å². The summed E-state index contributed by atoms with van der Waals surface area (Å²) in [7, 11) is 0. The fraction of sp³-hybridized carbons (Fsp3) is 0.154. The molecule has 0 unspecified atom stereocenters. The maximum absolute atomic E-state index is 13.6. The monoisotopic (exact) mass is 330 g/mol. The van der Waals surface area contributed by atoms with Gasteiger partial charge in [-0.25, -0.2) is 8.78 Å². The summed E-state index contributed by atoms with van der Waals surface area (Å²) in [4.78, 5) is 13.6. The fourth-order valence-electron chi connectivity index (χ4n) is 1.59. The molecular formula is C13H9BrF2OS. The molecule has 94 valence electrons. The number of hydrogen-bond donors (Lipinski definition) is 0. The molecule has 0 amide bonds. The van der Waals surface area contributed by atoms with E-state index in [-0.39, 0.29) is 11.1 Å². The average Bonchev–Trinajstić information content (AvgIpc) is 2.62. The molecule has 1 aromatic heterocycles. The summed E-state index contributed by atoms with van der Waals surface area (Å²) < 4.78 is 27.4. The van der Waals surface area contributed by atoms with Crippen molar-refractivity contribution in [3.8, 4) is 0 Å². The predicted octanol–water partition coefficient (Wildman–Crippen LogP) is 4.64. The molecule has 0 radical (unpaired) electrons. The Balaban J connectivity index is 2.53. The number of rotatable bonds is 2. The van der Waals surface area contributed by atoms with Gasteiger partial charge in [-0.2, -0.15) is 0 Å². The van der Waals surface area contributed by atoms with Gasteiger partial charge in [-0.1, -0.05) is 0 Å². The minimum atomic E-state index is -0.832. The lowest BCUT2D eigenvalue weighted by atomic mass is 10.1. The molecule has 0 saturated heterocycles. The highest BCUT2D eigenvalue weighted by atomic mass is 79.9. The van der Waals surface area contributed by atoms with E-state index in [1.54, 1.807) is 6.07 Å². The van der Waals surface area contributed by atoms with Gasteiger partial charge < -0.3 is 0 Å². The largest absolute Gasteiger partial charge is 0.288 e. The number of hydrogen-bond acceptors (Lipinski definition) is 2. The summed E-state index contributed by atoms with van der Waals surface area (Å²) in [5, 5.41) is 0. The van der Waals surface area contributed by atoms with Gasteiger partial charge in [0.05, 0.1) is 10.4 Å².